The lowest BCUT2D eigenvalue weighted by Crippen LogP contribution is -2.17. The number of benzene rings is 1. The molecule has 0 fully saturated rings. The minimum atomic E-state index is -3.01. The molecular formula is C12H18ClNO3S. The van der Waals surface area contributed by atoms with Crippen LogP contribution in [0.5, 0.6) is 5.75 Å². The minimum absolute atomic E-state index is 0.00448. The first-order valence-corrected chi connectivity index (χ1v) is 7.94. The zero-order valence-corrected chi connectivity index (χ0v) is 12.1. The van der Waals surface area contributed by atoms with Gasteiger partial charge in [-0.15, -0.1) is 0 Å². The topological polar surface area (TPSA) is 69.4 Å². The third-order valence-corrected chi connectivity index (χ3v) is 4.46. The number of ether oxygens (including phenoxy) is 1. The van der Waals surface area contributed by atoms with E-state index in [-0.39, 0.29) is 24.2 Å². The van der Waals surface area contributed by atoms with E-state index in [1.54, 1.807) is 25.1 Å². The van der Waals surface area contributed by atoms with Gasteiger partial charge in [0.05, 0.1) is 5.75 Å². The van der Waals surface area contributed by atoms with Crippen LogP contribution in [0.15, 0.2) is 18.2 Å². The lowest BCUT2D eigenvalue weighted by atomic mass is 10.1. The molecule has 0 aromatic heterocycles. The van der Waals surface area contributed by atoms with Crippen molar-refractivity contribution in [2.24, 2.45) is 5.73 Å². The number of halogens is 1. The third-order valence-electron chi connectivity index (χ3n) is 2.55. The maximum Gasteiger partial charge on any atom is 0.153 e. The van der Waals surface area contributed by atoms with E-state index in [2.05, 4.69) is 0 Å². The standard InChI is InChI=1S/C12H18ClNO3S/c1-3-18(15,16)7-6-17-12-5-4-10(13)8-11(12)9(2)14/h4-5,8-9H,3,6-7,14H2,1-2H3. The Kier molecular flexibility index (Phi) is 5.44. The Morgan fingerprint density at radius 3 is 2.67 bits per heavy atom. The molecule has 4 nitrogen and oxygen atoms in total. The molecule has 0 radical (unpaired) electrons. The van der Waals surface area contributed by atoms with E-state index >= 15 is 0 Å². The lowest BCUT2D eigenvalue weighted by Gasteiger charge is -2.14. The predicted octanol–water partition coefficient (Wildman–Crippen LogP) is 2.17. The largest absolute Gasteiger partial charge is 0.492 e. The van der Waals surface area contributed by atoms with Crippen LogP contribution in [0.4, 0.5) is 0 Å². The number of sulfone groups is 1. The number of hydrogen-bond donors (Lipinski definition) is 1. The van der Waals surface area contributed by atoms with Gasteiger partial charge in [-0.05, 0) is 25.1 Å². The van der Waals surface area contributed by atoms with Crippen molar-refractivity contribution in [2.45, 2.75) is 19.9 Å². The van der Waals surface area contributed by atoms with Gasteiger partial charge in [0.2, 0.25) is 0 Å². The molecule has 102 valence electrons. The Labute approximate surface area is 113 Å². The van der Waals surface area contributed by atoms with Crippen LogP contribution in [0.3, 0.4) is 0 Å². The fourth-order valence-corrected chi connectivity index (χ4v) is 2.24. The molecule has 1 aromatic carbocycles. The maximum atomic E-state index is 11.3. The third kappa shape index (κ3) is 4.48. The first-order valence-electron chi connectivity index (χ1n) is 5.74. The van der Waals surface area contributed by atoms with Crippen molar-refractivity contribution >= 4 is 21.4 Å². The summed E-state index contributed by atoms with van der Waals surface area (Å²) >= 11 is 5.88. The average molecular weight is 292 g/mol. The summed E-state index contributed by atoms with van der Waals surface area (Å²) in [5.74, 6) is 0.711. The van der Waals surface area contributed by atoms with Crippen LogP contribution >= 0.6 is 11.6 Å². The molecular weight excluding hydrogens is 274 g/mol. The monoisotopic (exact) mass is 291 g/mol. The molecule has 18 heavy (non-hydrogen) atoms. The van der Waals surface area contributed by atoms with Gasteiger partial charge in [-0.3, -0.25) is 0 Å². The van der Waals surface area contributed by atoms with Gasteiger partial charge < -0.3 is 10.5 Å². The van der Waals surface area contributed by atoms with Crippen molar-refractivity contribution in [3.05, 3.63) is 28.8 Å². The molecule has 0 aliphatic carbocycles. The Bertz CT molecular complexity index is 500. The number of nitrogens with two attached hydrogens (primary N) is 1. The van der Waals surface area contributed by atoms with Gasteiger partial charge in [-0.1, -0.05) is 18.5 Å². The molecule has 0 amide bonds. The van der Waals surface area contributed by atoms with E-state index in [0.29, 0.717) is 10.8 Å². The molecule has 0 aliphatic rings. The van der Waals surface area contributed by atoms with Gasteiger partial charge >= 0.3 is 0 Å². The highest BCUT2D eigenvalue weighted by molar-refractivity contribution is 7.91. The fourth-order valence-electron chi connectivity index (χ4n) is 1.43. The van der Waals surface area contributed by atoms with Crippen molar-refractivity contribution in [3.8, 4) is 5.75 Å². The summed E-state index contributed by atoms with van der Waals surface area (Å²) in [6, 6.07) is 4.91. The Balaban J connectivity index is 2.73. The highest BCUT2D eigenvalue weighted by atomic mass is 35.5. The van der Waals surface area contributed by atoms with E-state index < -0.39 is 9.84 Å². The molecule has 0 bridgehead atoms. The van der Waals surface area contributed by atoms with Gasteiger partial charge in [0, 0.05) is 22.4 Å². The number of hydrogen-bond acceptors (Lipinski definition) is 4. The van der Waals surface area contributed by atoms with Crippen molar-refractivity contribution in [2.75, 3.05) is 18.1 Å². The van der Waals surface area contributed by atoms with Crippen LogP contribution in [0.1, 0.15) is 25.5 Å². The second kappa shape index (κ2) is 6.41. The molecule has 1 unspecified atom stereocenters. The van der Waals surface area contributed by atoms with E-state index in [0.717, 1.165) is 5.56 Å². The first kappa shape index (κ1) is 15.3. The molecule has 1 atom stereocenters. The zero-order valence-electron chi connectivity index (χ0n) is 10.5. The molecule has 2 N–H and O–H groups in total. The normalized spacial score (nSPS) is 13.3. The molecule has 0 saturated carbocycles. The van der Waals surface area contributed by atoms with Crippen LogP contribution in [-0.2, 0) is 9.84 Å². The highest BCUT2D eigenvalue weighted by Crippen LogP contribution is 2.27. The smallest absolute Gasteiger partial charge is 0.153 e. The van der Waals surface area contributed by atoms with Crippen molar-refractivity contribution < 1.29 is 13.2 Å². The second-order valence-electron chi connectivity index (χ2n) is 4.06. The van der Waals surface area contributed by atoms with Crippen LogP contribution < -0.4 is 10.5 Å². The summed E-state index contributed by atoms with van der Waals surface area (Å²) in [6.45, 7) is 3.56. The summed E-state index contributed by atoms with van der Waals surface area (Å²) in [5.41, 5.74) is 6.58. The van der Waals surface area contributed by atoms with Crippen molar-refractivity contribution in [3.63, 3.8) is 0 Å². The summed E-state index contributed by atoms with van der Waals surface area (Å²) < 4.78 is 28.1. The van der Waals surface area contributed by atoms with E-state index in [1.807, 2.05) is 6.92 Å². The molecule has 0 heterocycles. The highest BCUT2D eigenvalue weighted by Gasteiger charge is 2.11. The zero-order chi connectivity index (χ0) is 13.8. The van der Waals surface area contributed by atoms with Crippen LogP contribution in [-0.4, -0.2) is 26.5 Å². The summed E-state index contributed by atoms with van der Waals surface area (Å²) in [5, 5.41) is 0.579. The lowest BCUT2D eigenvalue weighted by molar-refractivity contribution is 0.335. The van der Waals surface area contributed by atoms with Gasteiger partial charge in [0.1, 0.15) is 12.4 Å². The van der Waals surface area contributed by atoms with Gasteiger partial charge in [-0.25, -0.2) is 8.42 Å². The van der Waals surface area contributed by atoms with Gasteiger partial charge in [-0.2, -0.15) is 0 Å². The minimum Gasteiger partial charge on any atom is -0.492 e. The van der Waals surface area contributed by atoms with Crippen LogP contribution in [0.2, 0.25) is 5.02 Å². The molecule has 0 saturated heterocycles. The summed E-state index contributed by atoms with van der Waals surface area (Å²) in [7, 11) is -3.01. The average Bonchev–Trinajstić information content (AvgIpc) is 2.30. The Morgan fingerprint density at radius 2 is 2.11 bits per heavy atom. The van der Waals surface area contributed by atoms with E-state index in [9.17, 15) is 8.42 Å². The Hall–Kier alpha value is -0.780. The quantitative estimate of drug-likeness (QED) is 0.872. The van der Waals surface area contributed by atoms with Gasteiger partial charge in [0.15, 0.2) is 9.84 Å². The summed E-state index contributed by atoms with van der Waals surface area (Å²) in [4.78, 5) is 0. The van der Waals surface area contributed by atoms with Crippen molar-refractivity contribution in [1.82, 2.24) is 0 Å². The van der Waals surface area contributed by atoms with E-state index in [1.165, 1.54) is 0 Å². The molecule has 1 rings (SSSR count). The number of rotatable bonds is 6. The van der Waals surface area contributed by atoms with Crippen LogP contribution in [0, 0.1) is 0 Å². The second-order valence-corrected chi connectivity index (χ2v) is 6.96. The van der Waals surface area contributed by atoms with Crippen LogP contribution in [0.25, 0.3) is 0 Å². The molecule has 0 aliphatic heterocycles. The Morgan fingerprint density at radius 1 is 1.44 bits per heavy atom. The van der Waals surface area contributed by atoms with Gasteiger partial charge in [0.25, 0.3) is 0 Å². The molecule has 0 spiro atoms. The fraction of sp³-hybridized carbons (Fsp3) is 0.500. The predicted molar refractivity (Wildman–Crippen MR) is 73.9 cm³/mol. The first-order chi connectivity index (χ1) is 8.35. The van der Waals surface area contributed by atoms with Crippen molar-refractivity contribution in [1.29, 1.82) is 0 Å². The summed E-state index contributed by atoms with van der Waals surface area (Å²) in [6.07, 6.45) is 0. The molecule has 1 aromatic rings. The molecule has 6 heteroatoms. The van der Waals surface area contributed by atoms with E-state index in [4.69, 9.17) is 22.1 Å². The maximum absolute atomic E-state index is 11.3. The SMILES string of the molecule is CCS(=O)(=O)CCOc1ccc(Cl)cc1C(C)N.